The van der Waals surface area contributed by atoms with Crippen molar-refractivity contribution in [2.24, 2.45) is 0 Å². The summed E-state index contributed by atoms with van der Waals surface area (Å²) in [4.78, 5) is 4.05. The summed E-state index contributed by atoms with van der Waals surface area (Å²) in [7, 11) is 4.99. The van der Waals surface area contributed by atoms with Gasteiger partial charge in [-0.1, -0.05) is 12.1 Å². The van der Waals surface area contributed by atoms with Crippen LogP contribution in [0.3, 0.4) is 0 Å². The van der Waals surface area contributed by atoms with Crippen LogP contribution in [0.2, 0.25) is 0 Å². The number of benzene rings is 3. The molecule has 0 atom stereocenters. The monoisotopic (exact) mass is 429 g/mol. The zero-order chi connectivity index (χ0) is 22.9. The smallest absolute Gasteiger partial charge is 0.169 e. The first-order valence-electron chi connectivity index (χ1n) is 9.73. The highest BCUT2D eigenvalue weighted by molar-refractivity contribution is 5.83. The van der Waals surface area contributed by atoms with Gasteiger partial charge in [-0.15, -0.1) is 0 Å². The molecule has 2 N–H and O–H groups in total. The second-order valence-corrected chi connectivity index (χ2v) is 6.58. The maximum absolute atomic E-state index is 9.51. The number of fused-ring (bicyclic) bond motifs is 1. The molecule has 0 aliphatic carbocycles. The van der Waals surface area contributed by atoms with E-state index in [0.29, 0.717) is 22.6 Å². The van der Waals surface area contributed by atoms with Crippen LogP contribution in [0.1, 0.15) is 5.56 Å². The average Bonchev–Trinajstić information content (AvgIpc) is 2.84. The topological polar surface area (TPSA) is 96.6 Å². The lowest BCUT2D eigenvalue weighted by molar-refractivity contribution is 0.374. The number of nitrogens with one attached hydrogen (secondary N) is 1. The molecule has 7 nitrogen and oxygen atoms in total. The Balaban J connectivity index is 0.000000182. The Labute approximate surface area is 186 Å². The second kappa shape index (κ2) is 10.5. The van der Waals surface area contributed by atoms with Gasteiger partial charge in [-0.05, 0) is 48.5 Å². The lowest BCUT2D eigenvalue weighted by Crippen LogP contribution is -1.90. The Kier molecular flexibility index (Phi) is 7.33. The highest BCUT2D eigenvalue weighted by Crippen LogP contribution is 2.31. The van der Waals surface area contributed by atoms with E-state index in [1.165, 1.54) is 19.4 Å². The number of pyridine rings is 1. The normalized spacial score (nSPS) is 9.81. The Bertz CT molecular complexity index is 1230. The molecule has 0 saturated carbocycles. The number of nitrogens with zero attached hydrogens (tertiary/aromatic N) is 2. The summed E-state index contributed by atoms with van der Waals surface area (Å²) >= 11 is 0. The van der Waals surface area contributed by atoms with E-state index < -0.39 is 0 Å². The molecule has 0 fully saturated rings. The van der Waals surface area contributed by atoms with Crippen LogP contribution in [0.25, 0.3) is 10.9 Å². The van der Waals surface area contributed by atoms with Crippen LogP contribution in [0.4, 0.5) is 5.69 Å². The summed E-state index contributed by atoms with van der Waals surface area (Å²) in [5, 5.41) is 22.0. The summed E-state index contributed by atoms with van der Waals surface area (Å²) in [6, 6.07) is 22.2. The van der Waals surface area contributed by atoms with E-state index >= 15 is 0 Å². The van der Waals surface area contributed by atoms with Gasteiger partial charge in [0, 0.05) is 30.4 Å². The van der Waals surface area contributed by atoms with Gasteiger partial charge in [-0.2, -0.15) is 5.26 Å². The minimum atomic E-state index is 0.0437. The minimum absolute atomic E-state index is 0.0437. The van der Waals surface area contributed by atoms with Crippen molar-refractivity contribution in [3.63, 3.8) is 0 Å². The van der Waals surface area contributed by atoms with Gasteiger partial charge in [-0.3, -0.25) is 4.98 Å². The fourth-order valence-electron chi connectivity index (χ4n) is 2.89. The number of ether oxygens (including phenoxy) is 3. The van der Waals surface area contributed by atoms with E-state index in [1.807, 2.05) is 61.6 Å². The zero-order valence-corrected chi connectivity index (χ0v) is 18.0. The SMILES string of the molecule is CNc1ccc(Oc2ccccc2OC)cc1.COc1cc2cc(C#N)cnc2cc1O. The van der Waals surface area contributed by atoms with E-state index in [0.717, 1.165) is 22.6 Å². The van der Waals surface area contributed by atoms with Gasteiger partial charge in [0.05, 0.1) is 25.3 Å². The molecule has 0 radical (unpaired) electrons. The summed E-state index contributed by atoms with van der Waals surface area (Å²) in [5.41, 5.74) is 2.17. The summed E-state index contributed by atoms with van der Waals surface area (Å²) in [6.07, 6.45) is 1.47. The van der Waals surface area contributed by atoms with Crippen molar-refractivity contribution in [1.82, 2.24) is 4.98 Å². The molecule has 1 heterocycles. The van der Waals surface area contributed by atoms with Crippen LogP contribution in [0, 0.1) is 11.3 Å². The number of hydrogen-bond donors (Lipinski definition) is 2. The standard InChI is InChI=1S/C14H15NO2.C11H8N2O2/c1-15-11-7-9-12(10-8-11)17-14-6-4-3-5-13(14)16-2;1-15-11-3-8-2-7(5-12)6-13-9(8)4-10(11)14/h3-10,15H,1-2H3;2-4,6,14H,1H3. The van der Waals surface area contributed by atoms with Crippen LogP contribution in [-0.2, 0) is 0 Å². The third-order valence-electron chi connectivity index (χ3n) is 4.55. The average molecular weight is 429 g/mol. The van der Waals surface area contributed by atoms with E-state index in [-0.39, 0.29) is 5.75 Å². The summed E-state index contributed by atoms with van der Waals surface area (Å²) in [6.45, 7) is 0. The molecule has 0 aliphatic heterocycles. The number of methoxy groups -OCH3 is 2. The minimum Gasteiger partial charge on any atom is -0.504 e. The molecule has 0 bridgehead atoms. The van der Waals surface area contributed by atoms with Gasteiger partial charge in [0.1, 0.15) is 11.8 Å². The highest BCUT2D eigenvalue weighted by atomic mass is 16.5. The van der Waals surface area contributed by atoms with Gasteiger partial charge in [0.2, 0.25) is 0 Å². The molecule has 0 saturated heterocycles. The molecular formula is C25H23N3O4. The van der Waals surface area contributed by atoms with Gasteiger partial charge < -0.3 is 24.6 Å². The highest BCUT2D eigenvalue weighted by Gasteiger charge is 2.05. The van der Waals surface area contributed by atoms with Crippen LogP contribution >= 0.6 is 0 Å². The fraction of sp³-hybridized carbons (Fsp3) is 0.120. The van der Waals surface area contributed by atoms with Gasteiger partial charge >= 0.3 is 0 Å². The number of anilines is 1. The molecule has 0 spiro atoms. The van der Waals surface area contributed by atoms with Crippen molar-refractivity contribution in [3.8, 4) is 34.8 Å². The van der Waals surface area contributed by atoms with Crippen LogP contribution < -0.4 is 19.5 Å². The molecule has 32 heavy (non-hydrogen) atoms. The molecule has 162 valence electrons. The van der Waals surface area contributed by atoms with Gasteiger partial charge in [-0.25, -0.2) is 0 Å². The maximum atomic E-state index is 9.51. The predicted octanol–water partition coefficient (Wildman–Crippen LogP) is 5.35. The van der Waals surface area contributed by atoms with E-state index in [1.54, 1.807) is 19.2 Å². The first-order chi connectivity index (χ1) is 15.6. The Morgan fingerprint density at radius 2 is 1.59 bits per heavy atom. The number of aromatic hydroxyl groups is 1. The third kappa shape index (κ3) is 5.37. The predicted molar refractivity (Wildman–Crippen MR) is 124 cm³/mol. The van der Waals surface area contributed by atoms with Crippen molar-refractivity contribution in [2.75, 3.05) is 26.6 Å². The molecule has 1 aromatic heterocycles. The molecule has 4 rings (SSSR count). The van der Waals surface area contributed by atoms with E-state index in [4.69, 9.17) is 19.5 Å². The van der Waals surface area contributed by atoms with Crippen molar-refractivity contribution in [3.05, 3.63) is 78.5 Å². The second-order valence-electron chi connectivity index (χ2n) is 6.58. The maximum Gasteiger partial charge on any atom is 0.169 e. The number of aromatic nitrogens is 1. The largest absolute Gasteiger partial charge is 0.504 e. The summed E-state index contributed by atoms with van der Waals surface area (Å²) in [5.74, 6) is 2.65. The number of rotatable bonds is 5. The van der Waals surface area contributed by atoms with Crippen molar-refractivity contribution in [1.29, 1.82) is 5.26 Å². The molecule has 7 heteroatoms. The lowest BCUT2D eigenvalue weighted by Gasteiger charge is -2.10. The summed E-state index contributed by atoms with van der Waals surface area (Å²) < 4.78 is 15.9. The Morgan fingerprint density at radius 3 is 2.22 bits per heavy atom. The Morgan fingerprint density at radius 1 is 0.906 bits per heavy atom. The fourth-order valence-corrected chi connectivity index (χ4v) is 2.89. The third-order valence-corrected chi connectivity index (χ3v) is 4.55. The number of nitriles is 1. The number of phenols is 1. The van der Waals surface area contributed by atoms with Crippen LogP contribution in [0.15, 0.2) is 72.9 Å². The van der Waals surface area contributed by atoms with E-state index in [9.17, 15) is 5.11 Å². The molecular weight excluding hydrogens is 406 g/mol. The van der Waals surface area contributed by atoms with Gasteiger partial charge in [0.25, 0.3) is 0 Å². The van der Waals surface area contributed by atoms with Crippen LogP contribution in [0.5, 0.6) is 28.7 Å². The first kappa shape index (κ1) is 22.2. The zero-order valence-electron chi connectivity index (χ0n) is 18.0. The van der Waals surface area contributed by atoms with Crippen molar-refractivity contribution < 1.29 is 19.3 Å². The number of hydrogen-bond acceptors (Lipinski definition) is 7. The number of para-hydroxylation sites is 2. The quantitative estimate of drug-likeness (QED) is 0.441. The molecule has 0 unspecified atom stereocenters. The first-order valence-corrected chi connectivity index (χ1v) is 9.73. The van der Waals surface area contributed by atoms with Crippen molar-refractivity contribution >= 4 is 16.6 Å². The molecule has 0 aliphatic rings. The lowest BCUT2D eigenvalue weighted by atomic mass is 10.1. The van der Waals surface area contributed by atoms with Crippen molar-refractivity contribution in [2.45, 2.75) is 0 Å². The Hall–Kier alpha value is -4.44. The molecule has 0 amide bonds. The van der Waals surface area contributed by atoms with E-state index in [2.05, 4.69) is 10.3 Å². The molecule has 3 aromatic carbocycles. The van der Waals surface area contributed by atoms with Crippen LogP contribution in [-0.4, -0.2) is 31.4 Å². The molecule has 4 aromatic rings. The number of phenolic OH excluding ortho intramolecular Hbond substituents is 1. The van der Waals surface area contributed by atoms with Gasteiger partial charge in [0.15, 0.2) is 23.0 Å².